The Bertz CT molecular complexity index is 459. The van der Waals surface area contributed by atoms with E-state index in [-0.39, 0.29) is 0 Å². The van der Waals surface area contributed by atoms with Crippen molar-refractivity contribution in [1.82, 2.24) is 0 Å². The molecular weight excluding hydrogens is 266 g/mol. The van der Waals surface area contributed by atoms with Crippen LogP contribution in [0.3, 0.4) is 0 Å². The fourth-order valence-electron chi connectivity index (χ4n) is 4.70. The molecule has 0 saturated heterocycles. The fourth-order valence-corrected chi connectivity index (χ4v) is 4.70. The fraction of sp³-hybridized carbons (Fsp3) is 0.619. The number of benzene rings is 1. The molecule has 2 saturated carbocycles. The Hall–Kier alpha value is -1.08. The zero-order valence-electron chi connectivity index (χ0n) is 13.8. The predicted molar refractivity (Wildman–Crippen MR) is 94.7 cm³/mol. The molecule has 0 unspecified atom stereocenters. The van der Waals surface area contributed by atoms with E-state index in [2.05, 4.69) is 36.9 Å². The van der Waals surface area contributed by atoms with Crippen LogP contribution < -0.4 is 5.73 Å². The van der Waals surface area contributed by atoms with Crippen molar-refractivity contribution >= 4 is 0 Å². The zero-order chi connectivity index (χ0) is 15.4. The molecule has 0 radical (unpaired) electrons. The van der Waals surface area contributed by atoms with Crippen LogP contribution in [0.4, 0.5) is 0 Å². The number of hydrogen-bond acceptors (Lipinski definition) is 1. The highest BCUT2D eigenvalue weighted by atomic mass is 14.5. The first kappa shape index (κ1) is 15.8. The summed E-state index contributed by atoms with van der Waals surface area (Å²) in [6.45, 7) is 4.62. The molecule has 1 aromatic rings. The molecule has 0 atom stereocenters. The van der Waals surface area contributed by atoms with Gasteiger partial charge in [-0.25, -0.2) is 0 Å². The lowest BCUT2D eigenvalue weighted by molar-refractivity contribution is 0.171. The molecule has 0 amide bonds. The van der Waals surface area contributed by atoms with E-state index in [9.17, 15) is 0 Å². The average molecular weight is 297 g/mol. The Kier molecular flexibility index (Phi) is 5.36. The Morgan fingerprint density at radius 1 is 0.864 bits per heavy atom. The van der Waals surface area contributed by atoms with Gasteiger partial charge in [0.15, 0.2) is 0 Å². The Morgan fingerprint density at radius 2 is 1.41 bits per heavy atom. The van der Waals surface area contributed by atoms with Crippen LogP contribution in [0.15, 0.2) is 36.9 Å². The van der Waals surface area contributed by atoms with Crippen molar-refractivity contribution in [2.75, 3.05) is 0 Å². The molecule has 2 fully saturated rings. The lowest BCUT2D eigenvalue weighted by Crippen LogP contribution is -2.25. The quantitative estimate of drug-likeness (QED) is 0.739. The number of nitrogens with two attached hydrogens (primary N) is 1. The van der Waals surface area contributed by atoms with Gasteiger partial charge < -0.3 is 5.73 Å². The van der Waals surface area contributed by atoms with Crippen molar-refractivity contribution in [2.24, 2.45) is 23.5 Å². The summed E-state index contributed by atoms with van der Waals surface area (Å²) in [6.07, 6.45) is 13.5. The van der Waals surface area contributed by atoms with Crippen LogP contribution in [0.1, 0.15) is 68.4 Å². The van der Waals surface area contributed by atoms with Crippen molar-refractivity contribution in [1.29, 1.82) is 0 Å². The first-order valence-electron chi connectivity index (χ1n) is 9.21. The molecule has 0 aromatic heterocycles. The van der Waals surface area contributed by atoms with Gasteiger partial charge in [-0.2, -0.15) is 0 Å². The van der Waals surface area contributed by atoms with Gasteiger partial charge in [-0.15, -0.1) is 6.58 Å². The van der Waals surface area contributed by atoms with Crippen molar-refractivity contribution in [3.05, 3.63) is 48.0 Å². The van der Waals surface area contributed by atoms with Crippen LogP contribution in [0.2, 0.25) is 0 Å². The second-order valence-corrected chi connectivity index (χ2v) is 7.47. The molecule has 0 bridgehead atoms. The minimum absolute atomic E-state index is 0.653. The lowest BCUT2D eigenvalue weighted by Gasteiger charge is -2.37. The van der Waals surface area contributed by atoms with Crippen LogP contribution in [-0.2, 0) is 6.54 Å². The molecule has 2 N–H and O–H groups in total. The highest BCUT2D eigenvalue weighted by Crippen LogP contribution is 2.43. The van der Waals surface area contributed by atoms with E-state index in [0.29, 0.717) is 6.54 Å². The summed E-state index contributed by atoms with van der Waals surface area (Å²) in [5.41, 5.74) is 8.47. The van der Waals surface area contributed by atoms with Crippen molar-refractivity contribution in [2.45, 2.75) is 63.8 Å². The third-order valence-corrected chi connectivity index (χ3v) is 6.28. The molecule has 2 aliphatic carbocycles. The second kappa shape index (κ2) is 7.46. The van der Waals surface area contributed by atoms with Gasteiger partial charge in [0.1, 0.15) is 0 Å². The maximum atomic E-state index is 5.69. The van der Waals surface area contributed by atoms with E-state index in [1.807, 2.05) is 0 Å². The third-order valence-electron chi connectivity index (χ3n) is 6.28. The Morgan fingerprint density at radius 3 is 1.91 bits per heavy atom. The predicted octanol–water partition coefficient (Wildman–Crippen LogP) is 5.41. The van der Waals surface area contributed by atoms with Gasteiger partial charge in [0.05, 0.1) is 0 Å². The van der Waals surface area contributed by atoms with Gasteiger partial charge in [0.25, 0.3) is 0 Å². The largest absolute Gasteiger partial charge is 0.326 e. The summed E-state index contributed by atoms with van der Waals surface area (Å²) >= 11 is 0. The van der Waals surface area contributed by atoms with Gasteiger partial charge in [-0.1, -0.05) is 30.3 Å². The molecule has 1 aromatic carbocycles. The minimum atomic E-state index is 0.653. The number of rotatable bonds is 4. The summed E-state index contributed by atoms with van der Waals surface area (Å²) in [6, 6.07) is 9.03. The molecule has 22 heavy (non-hydrogen) atoms. The van der Waals surface area contributed by atoms with Crippen molar-refractivity contribution in [3.8, 4) is 0 Å². The van der Waals surface area contributed by atoms with Gasteiger partial charge >= 0.3 is 0 Å². The maximum Gasteiger partial charge on any atom is 0.0178 e. The van der Waals surface area contributed by atoms with Crippen LogP contribution >= 0.6 is 0 Å². The molecule has 0 aliphatic heterocycles. The SMILES string of the molecule is C=CC1CCC(C2CCC(c3ccc(CN)cc3)CC2)CC1. The molecule has 120 valence electrons. The lowest BCUT2D eigenvalue weighted by atomic mass is 9.68. The third kappa shape index (κ3) is 3.63. The molecule has 2 aliphatic rings. The van der Waals surface area contributed by atoms with Gasteiger partial charge in [0, 0.05) is 6.54 Å². The molecule has 1 nitrogen and oxygen atoms in total. The van der Waals surface area contributed by atoms with Crippen molar-refractivity contribution in [3.63, 3.8) is 0 Å². The van der Waals surface area contributed by atoms with Crippen LogP contribution in [0, 0.1) is 17.8 Å². The normalized spacial score (nSPS) is 32.6. The topological polar surface area (TPSA) is 26.0 Å². The molecule has 0 heterocycles. The molecule has 1 heteroatoms. The summed E-state index contributed by atoms with van der Waals surface area (Å²) in [4.78, 5) is 0. The molecule has 0 spiro atoms. The smallest absolute Gasteiger partial charge is 0.0178 e. The van der Waals surface area contributed by atoms with E-state index in [1.165, 1.54) is 62.5 Å². The monoisotopic (exact) mass is 297 g/mol. The summed E-state index contributed by atoms with van der Waals surface area (Å²) in [5.74, 6) is 3.57. The highest BCUT2D eigenvalue weighted by molar-refractivity contribution is 5.25. The standard InChI is InChI=1S/C21H31N/c1-2-16-3-7-18(8-4-16)20-11-13-21(14-12-20)19-9-5-17(15-22)6-10-19/h2,5-6,9-10,16,18,20-21H,1,3-4,7-8,11-15,22H2. The maximum absolute atomic E-state index is 5.69. The van der Waals surface area contributed by atoms with Gasteiger partial charge in [-0.3, -0.25) is 0 Å². The minimum Gasteiger partial charge on any atom is -0.326 e. The van der Waals surface area contributed by atoms with Crippen LogP contribution in [-0.4, -0.2) is 0 Å². The second-order valence-electron chi connectivity index (χ2n) is 7.47. The average Bonchev–Trinajstić information content (AvgIpc) is 2.62. The summed E-state index contributed by atoms with van der Waals surface area (Å²) in [7, 11) is 0. The Balaban J connectivity index is 1.50. The van der Waals surface area contributed by atoms with E-state index >= 15 is 0 Å². The van der Waals surface area contributed by atoms with E-state index in [4.69, 9.17) is 5.73 Å². The van der Waals surface area contributed by atoms with Gasteiger partial charge in [0.2, 0.25) is 0 Å². The van der Waals surface area contributed by atoms with Crippen molar-refractivity contribution < 1.29 is 0 Å². The zero-order valence-corrected chi connectivity index (χ0v) is 13.8. The van der Waals surface area contributed by atoms with Crippen LogP contribution in [0.5, 0.6) is 0 Å². The highest BCUT2D eigenvalue weighted by Gasteiger charge is 2.30. The van der Waals surface area contributed by atoms with Crippen LogP contribution in [0.25, 0.3) is 0 Å². The van der Waals surface area contributed by atoms with E-state index in [1.54, 1.807) is 0 Å². The Labute approximate surface area is 136 Å². The molecule has 3 rings (SSSR count). The van der Waals surface area contributed by atoms with E-state index < -0.39 is 0 Å². The first-order valence-corrected chi connectivity index (χ1v) is 9.21. The summed E-state index contributed by atoms with van der Waals surface area (Å²) < 4.78 is 0. The first-order chi connectivity index (χ1) is 10.8. The number of hydrogen-bond donors (Lipinski definition) is 1. The molecular formula is C21H31N. The number of allylic oxidation sites excluding steroid dienone is 1. The van der Waals surface area contributed by atoms with E-state index in [0.717, 1.165) is 23.7 Å². The summed E-state index contributed by atoms with van der Waals surface area (Å²) in [5, 5.41) is 0. The van der Waals surface area contributed by atoms with Gasteiger partial charge in [-0.05, 0) is 86.2 Å².